The maximum atomic E-state index is 9.44. The van der Waals surface area contributed by atoms with Crippen LogP contribution in [0.15, 0.2) is 18.2 Å². The van der Waals surface area contributed by atoms with Crippen LogP contribution >= 0.6 is 0 Å². The Morgan fingerprint density at radius 1 is 1.29 bits per heavy atom. The van der Waals surface area contributed by atoms with E-state index in [1.54, 1.807) is 12.1 Å². The van der Waals surface area contributed by atoms with Crippen LogP contribution in [0.3, 0.4) is 0 Å². The Morgan fingerprint density at radius 2 is 1.94 bits per heavy atom. The van der Waals surface area contributed by atoms with E-state index in [2.05, 4.69) is 12.2 Å². The standard InChI is InChI=1S/C13H19NO3/c1-8(14-13-3-4-17-9(13)2)10-5-11(15)7-12(16)6-10/h5-9,13-16H,3-4H2,1-2H3. The highest BCUT2D eigenvalue weighted by molar-refractivity contribution is 5.38. The summed E-state index contributed by atoms with van der Waals surface area (Å²) in [5.41, 5.74) is 0.876. The molecule has 1 saturated heterocycles. The lowest BCUT2D eigenvalue weighted by molar-refractivity contribution is 0.111. The number of phenols is 2. The molecule has 1 heterocycles. The topological polar surface area (TPSA) is 61.7 Å². The summed E-state index contributed by atoms with van der Waals surface area (Å²) in [5.74, 6) is 0.175. The van der Waals surface area contributed by atoms with Gasteiger partial charge in [0.1, 0.15) is 11.5 Å². The molecule has 1 aliphatic heterocycles. The molecule has 4 heteroatoms. The maximum absolute atomic E-state index is 9.44. The lowest BCUT2D eigenvalue weighted by Gasteiger charge is -2.22. The summed E-state index contributed by atoms with van der Waals surface area (Å²) in [6.07, 6.45) is 1.21. The van der Waals surface area contributed by atoms with Gasteiger partial charge in [0, 0.05) is 24.8 Å². The fraction of sp³-hybridized carbons (Fsp3) is 0.538. The number of nitrogens with one attached hydrogen (secondary N) is 1. The Labute approximate surface area is 101 Å². The normalized spacial score (nSPS) is 26.0. The number of ether oxygens (including phenoxy) is 1. The van der Waals surface area contributed by atoms with Gasteiger partial charge < -0.3 is 20.3 Å². The summed E-state index contributed by atoms with van der Waals surface area (Å²) in [7, 11) is 0. The average molecular weight is 237 g/mol. The van der Waals surface area contributed by atoms with Gasteiger partial charge >= 0.3 is 0 Å². The predicted molar refractivity (Wildman–Crippen MR) is 65.1 cm³/mol. The van der Waals surface area contributed by atoms with E-state index in [0.717, 1.165) is 18.6 Å². The second-order valence-electron chi connectivity index (χ2n) is 4.64. The van der Waals surface area contributed by atoms with Crippen LogP contribution in [0.2, 0.25) is 0 Å². The van der Waals surface area contributed by atoms with E-state index in [-0.39, 0.29) is 23.6 Å². The first-order valence-corrected chi connectivity index (χ1v) is 5.97. The van der Waals surface area contributed by atoms with Crippen LogP contribution in [0.1, 0.15) is 31.9 Å². The van der Waals surface area contributed by atoms with Crippen molar-refractivity contribution >= 4 is 0 Å². The Balaban J connectivity index is 2.06. The summed E-state index contributed by atoms with van der Waals surface area (Å²) in [6, 6.07) is 5.06. The van der Waals surface area contributed by atoms with Crippen molar-refractivity contribution in [2.45, 2.75) is 38.5 Å². The third-order valence-electron chi connectivity index (χ3n) is 3.27. The molecule has 94 valence electrons. The fourth-order valence-corrected chi connectivity index (χ4v) is 2.24. The highest BCUT2D eigenvalue weighted by Crippen LogP contribution is 2.26. The molecular weight excluding hydrogens is 218 g/mol. The molecule has 0 radical (unpaired) electrons. The molecule has 0 bridgehead atoms. The van der Waals surface area contributed by atoms with Crippen molar-refractivity contribution in [2.24, 2.45) is 0 Å². The number of rotatable bonds is 3. The number of hydrogen-bond donors (Lipinski definition) is 3. The van der Waals surface area contributed by atoms with E-state index in [1.807, 2.05) is 6.92 Å². The molecule has 1 fully saturated rings. The van der Waals surface area contributed by atoms with Crippen LogP contribution in [0.5, 0.6) is 11.5 Å². The molecule has 0 spiro atoms. The lowest BCUT2D eigenvalue weighted by atomic mass is 10.0. The summed E-state index contributed by atoms with van der Waals surface area (Å²) >= 11 is 0. The molecular formula is C13H19NO3. The Hall–Kier alpha value is -1.26. The van der Waals surface area contributed by atoms with Crippen LogP contribution < -0.4 is 5.32 Å². The Bertz CT molecular complexity index is 374. The molecule has 3 atom stereocenters. The SMILES string of the molecule is CC(NC1CCOC1C)c1cc(O)cc(O)c1. The minimum atomic E-state index is 0.0714. The van der Waals surface area contributed by atoms with E-state index in [1.165, 1.54) is 6.07 Å². The molecule has 0 amide bonds. The van der Waals surface area contributed by atoms with E-state index < -0.39 is 0 Å². The summed E-state index contributed by atoms with van der Waals surface area (Å²) in [4.78, 5) is 0. The van der Waals surface area contributed by atoms with Gasteiger partial charge in [-0.1, -0.05) is 0 Å². The van der Waals surface area contributed by atoms with Gasteiger partial charge in [-0.15, -0.1) is 0 Å². The molecule has 0 saturated carbocycles. The molecule has 17 heavy (non-hydrogen) atoms. The third kappa shape index (κ3) is 2.90. The number of benzene rings is 1. The number of hydrogen-bond acceptors (Lipinski definition) is 4. The van der Waals surface area contributed by atoms with Gasteiger partial charge in [-0.05, 0) is 38.0 Å². The van der Waals surface area contributed by atoms with Crippen LogP contribution in [0.25, 0.3) is 0 Å². The van der Waals surface area contributed by atoms with Gasteiger partial charge in [0.2, 0.25) is 0 Å². The first kappa shape index (κ1) is 12.2. The third-order valence-corrected chi connectivity index (χ3v) is 3.27. The number of aromatic hydroxyl groups is 2. The smallest absolute Gasteiger partial charge is 0.119 e. The largest absolute Gasteiger partial charge is 0.508 e. The van der Waals surface area contributed by atoms with Crippen molar-refractivity contribution in [3.8, 4) is 11.5 Å². The van der Waals surface area contributed by atoms with Crippen molar-refractivity contribution < 1.29 is 14.9 Å². The average Bonchev–Trinajstić information content (AvgIpc) is 2.63. The highest BCUT2D eigenvalue weighted by Gasteiger charge is 2.25. The minimum Gasteiger partial charge on any atom is -0.508 e. The van der Waals surface area contributed by atoms with Crippen LogP contribution in [-0.2, 0) is 4.74 Å². The maximum Gasteiger partial charge on any atom is 0.119 e. The van der Waals surface area contributed by atoms with E-state index in [0.29, 0.717) is 6.04 Å². The first-order chi connectivity index (χ1) is 8.06. The van der Waals surface area contributed by atoms with Gasteiger partial charge in [0.25, 0.3) is 0 Å². The van der Waals surface area contributed by atoms with E-state index >= 15 is 0 Å². The van der Waals surface area contributed by atoms with Crippen molar-refractivity contribution in [2.75, 3.05) is 6.61 Å². The molecule has 0 aromatic heterocycles. The minimum absolute atomic E-state index is 0.0714. The van der Waals surface area contributed by atoms with Crippen molar-refractivity contribution in [3.63, 3.8) is 0 Å². The van der Waals surface area contributed by atoms with Crippen molar-refractivity contribution in [1.29, 1.82) is 0 Å². The van der Waals surface area contributed by atoms with Gasteiger partial charge in [-0.25, -0.2) is 0 Å². The molecule has 0 aliphatic carbocycles. The molecule has 2 rings (SSSR count). The summed E-state index contributed by atoms with van der Waals surface area (Å²) in [6.45, 7) is 4.85. The number of phenolic OH excluding ortho intramolecular Hbond substituents is 2. The fourth-order valence-electron chi connectivity index (χ4n) is 2.24. The van der Waals surface area contributed by atoms with Gasteiger partial charge in [-0.2, -0.15) is 0 Å². The summed E-state index contributed by atoms with van der Waals surface area (Å²) < 4.78 is 5.49. The second-order valence-corrected chi connectivity index (χ2v) is 4.64. The zero-order valence-corrected chi connectivity index (χ0v) is 10.2. The second kappa shape index (κ2) is 4.94. The summed E-state index contributed by atoms with van der Waals surface area (Å²) in [5, 5.41) is 22.3. The van der Waals surface area contributed by atoms with Crippen LogP contribution in [0.4, 0.5) is 0 Å². The Morgan fingerprint density at radius 3 is 2.47 bits per heavy atom. The molecule has 4 nitrogen and oxygen atoms in total. The molecule has 1 aromatic carbocycles. The van der Waals surface area contributed by atoms with Gasteiger partial charge in [-0.3, -0.25) is 0 Å². The van der Waals surface area contributed by atoms with Crippen LogP contribution in [0, 0.1) is 0 Å². The van der Waals surface area contributed by atoms with Gasteiger partial charge in [0.05, 0.1) is 6.10 Å². The lowest BCUT2D eigenvalue weighted by Crippen LogP contribution is -2.36. The van der Waals surface area contributed by atoms with Crippen LogP contribution in [-0.4, -0.2) is 29.0 Å². The van der Waals surface area contributed by atoms with E-state index in [9.17, 15) is 10.2 Å². The highest BCUT2D eigenvalue weighted by atomic mass is 16.5. The zero-order chi connectivity index (χ0) is 12.4. The van der Waals surface area contributed by atoms with Crippen molar-refractivity contribution in [1.82, 2.24) is 5.32 Å². The zero-order valence-electron chi connectivity index (χ0n) is 10.2. The predicted octanol–water partition coefficient (Wildman–Crippen LogP) is 1.93. The monoisotopic (exact) mass is 237 g/mol. The van der Waals surface area contributed by atoms with Gasteiger partial charge in [0.15, 0.2) is 0 Å². The molecule has 1 aromatic rings. The first-order valence-electron chi connectivity index (χ1n) is 5.97. The molecule has 3 unspecified atom stereocenters. The Kier molecular flexibility index (Phi) is 3.54. The van der Waals surface area contributed by atoms with E-state index in [4.69, 9.17) is 4.74 Å². The molecule has 1 aliphatic rings. The van der Waals surface area contributed by atoms with Crippen molar-refractivity contribution in [3.05, 3.63) is 23.8 Å². The quantitative estimate of drug-likeness (QED) is 0.751. The molecule has 3 N–H and O–H groups in total.